The summed E-state index contributed by atoms with van der Waals surface area (Å²) in [5.41, 5.74) is 1.39. The topological polar surface area (TPSA) is 76.9 Å². The van der Waals surface area contributed by atoms with Crippen LogP contribution in [0.1, 0.15) is 39.9 Å². The lowest BCUT2D eigenvalue weighted by Gasteiger charge is -2.29. The van der Waals surface area contributed by atoms with Gasteiger partial charge in [0.2, 0.25) is 0 Å². The zero-order chi connectivity index (χ0) is 20.4. The van der Waals surface area contributed by atoms with E-state index in [-0.39, 0.29) is 17.2 Å². The number of amides is 2. The summed E-state index contributed by atoms with van der Waals surface area (Å²) in [4.78, 5) is 26.5. The minimum absolute atomic E-state index is 0.192. The fourth-order valence-corrected chi connectivity index (χ4v) is 3.60. The molecule has 0 bridgehead atoms. The first-order chi connectivity index (χ1) is 13.4. The Hall–Kier alpha value is -2.74. The van der Waals surface area contributed by atoms with Crippen molar-refractivity contribution in [2.45, 2.75) is 26.8 Å². The number of ether oxygens (including phenoxy) is 2. The Labute approximate surface area is 168 Å². The second-order valence-electron chi connectivity index (χ2n) is 6.35. The van der Waals surface area contributed by atoms with Crippen molar-refractivity contribution in [2.24, 2.45) is 0 Å². The van der Waals surface area contributed by atoms with E-state index in [0.717, 1.165) is 5.69 Å². The number of aryl methyl sites for hydroxylation is 2. The number of hydrogen-bond donors (Lipinski definition) is 0. The maximum Gasteiger partial charge on any atom is 0.290 e. The zero-order valence-electron chi connectivity index (χ0n) is 16.4. The Balaban J connectivity index is 1.98. The number of methoxy groups -OCH3 is 2. The van der Waals surface area contributed by atoms with Crippen molar-refractivity contribution in [3.8, 4) is 11.5 Å². The van der Waals surface area contributed by atoms with E-state index in [9.17, 15) is 9.59 Å². The summed E-state index contributed by atoms with van der Waals surface area (Å²) in [5, 5.41) is 7.49. The van der Waals surface area contributed by atoms with Crippen molar-refractivity contribution in [2.75, 3.05) is 27.3 Å². The Morgan fingerprint density at radius 3 is 2.43 bits per heavy atom. The molecule has 8 nitrogen and oxygen atoms in total. The summed E-state index contributed by atoms with van der Waals surface area (Å²) < 4.78 is 12.3. The van der Waals surface area contributed by atoms with Crippen LogP contribution in [0.25, 0.3) is 0 Å². The maximum atomic E-state index is 13.4. The van der Waals surface area contributed by atoms with Crippen LogP contribution in [0.3, 0.4) is 0 Å². The fraction of sp³-hybridized carbons (Fsp3) is 0.421. The van der Waals surface area contributed by atoms with Crippen molar-refractivity contribution in [3.63, 3.8) is 0 Å². The Morgan fingerprint density at radius 1 is 1.14 bits per heavy atom. The third-order valence-electron chi connectivity index (χ3n) is 4.63. The average molecular weight is 407 g/mol. The normalized spacial score (nSPS) is 13.8. The summed E-state index contributed by atoms with van der Waals surface area (Å²) in [5.74, 6) is -0.116. The molecule has 1 aromatic heterocycles. The summed E-state index contributed by atoms with van der Waals surface area (Å²) >= 11 is 6.20. The van der Waals surface area contributed by atoms with Crippen LogP contribution in [0.4, 0.5) is 0 Å². The molecular formula is C19H23ClN4O4. The molecule has 0 unspecified atom stereocenters. The number of nitrogens with zero attached hydrogens (tertiary/aromatic N) is 4. The number of carbonyl (C=O) groups is 2. The van der Waals surface area contributed by atoms with Crippen LogP contribution in [0.2, 0.25) is 5.02 Å². The van der Waals surface area contributed by atoms with Gasteiger partial charge in [0.15, 0.2) is 5.75 Å². The van der Waals surface area contributed by atoms with Gasteiger partial charge in [-0.15, -0.1) is 0 Å². The second kappa shape index (κ2) is 8.10. The van der Waals surface area contributed by atoms with Gasteiger partial charge in [-0.2, -0.15) is 5.10 Å². The molecule has 0 spiro atoms. The third kappa shape index (κ3) is 3.40. The van der Waals surface area contributed by atoms with Gasteiger partial charge < -0.3 is 9.47 Å². The van der Waals surface area contributed by atoms with E-state index in [1.54, 1.807) is 22.9 Å². The predicted octanol–water partition coefficient (Wildman–Crippen LogP) is 2.79. The number of benzene rings is 1. The van der Waals surface area contributed by atoms with Crippen LogP contribution >= 0.6 is 11.6 Å². The lowest BCUT2D eigenvalue weighted by molar-refractivity contribution is 0.0174. The highest BCUT2D eigenvalue weighted by Gasteiger charge is 2.36. The number of aromatic nitrogens is 2. The molecule has 0 N–H and O–H groups in total. The van der Waals surface area contributed by atoms with E-state index in [0.29, 0.717) is 42.5 Å². The van der Waals surface area contributed by atoms with Crippen molar-refractivity contribution in [3.05, 3.63) is 40.2 Å². The first-order valence-corrected chi connectivity index (χ1v) is 9.39. The van der Waals surface area contributed by atoms with E-state index in [1.807, 2.05) is 13.8 Å². The molecule has 1 aliphatic heterocycles. The van der Waals surface area contributed by atoms with Crippen LogP contribution < -0.4 is 9.47 Å². The second-order valence-corrected chi connectivity index (χ2v) is 6.76. The highest BCUT2D eigenvalue weighted by atomic mass is 35.5. The van der Waals surface area contributed by atoms with Crippen molar-refractivity contribution in [1.29, 1.82) is 0 Å². The summed E-state index contributed by atoms with van der Waals surface area (Å²) in [6.45, 7) is 5.15. The maximum absolute atomic E-state index is 13.4. The van der Waals surface area contributed by atoms with Gasteiger partial charge in [0.1, 0.15) is 17.0 Å². The molecule has 1 saturated heterocycles. The number of rotatable bonds is 5. The fourth-order valence-electron chi connectivity index (χ4n) is 3.37. The van der Waals surface area contributed by atoms with Gasteiger partial charge in [-0.3, -0.25) is 14.3 Å². The van der Waals surface area contributed by atoms with Gasteiger partial charge in [-0.05, 0) is 38.5 Å². The van der Waals surface area contributed by atoms with E-state index in [4.69, 9.17) is 21.1 Å². The molecule has 2 amide bonds. The third-order valence-corrected chi connectivity index (χ3v) is 4.93. The average Bonchev–Trinajstić information content (AvgIpc) is 3.33. The monoisotopic (exact) mass is 406 g/mol. The van der Waals surface area contributed by atoms with Crippen LogP contribution in [0.5, 0.6) is 11.5 Å². The minimum atomic E-state index is -0.402. The Kier molecular flexibility index (Phi) is 5.79. The summed E-state index contributed by atoms with van der Waals surface area (Å²) in [6, 6.07) is 4.94. The largest absolute Gasteiger partial charge is 0.496 e. The minimum Gasteiger partial charge on any atom is -0.496 e. The Bertz CT molecular complexity index is 912. The standard InChI is InChI=1S/C19H23ClN4O4/c1-5-22-14(11-12(2)21-22)18(25)23-9-6-10-24(23)19(26)16-15(27-3)8-7-13(20)17(16)28-4/h7-8,11H,5-6,9-10H2,1-4H3. The molecule has 28 heavy (non-hydrogen) atoms. The van der Waals surface area contributed by atoms with Crippen molar-refractivity contribution < 1.29 is 19.1 Å². The van der Waals surface area contributed by atoms with Gasteiger partial charge in [0.25, 0.3) is 11.8 Å². The van der Waals surface area contributed by atoms with Gasteiger partial charge in [-0.25, -0.2) is 10.0 Å². The molecule has 2 heterocycles. The van der Waals surface area contributed by atoms with Crippen LogP contribution in [-0.4, -0.2) is 58.9 Å². The number of hydrogen-bond acceptors (Lipinski definition) is 5. The molecule has 1 fully saturated rings. The van der Waals surface area contributed by atoms with E-state index >= 15 is 0 Å². The van der Waals surface area contributed by atoms with Crippen molar-refractivity contribution >= 4 is 23.4 Å². The van der Waals surface area contributed by atoms with Crippen molar-refractivity contribution in [1.82, 2.24) is 19.8 Å². The van der Waals surface area contributed by atoms with Crippen LogP contribution in [-0.2, 0) is 6.54 Å². The van der Waals surface area contributed by atoms with E-state index in [2.05, 4.69) is 5.10 Å². The number of hydrazine groups is 1. The smallest absolute Gasteiger partial charge is 0.290 e. The van der Waals surface area contributed by atoms with Gasteiger partial charge in [0.05, 0.1) is 24.9 Å². The summed E-state index contributed by atoms with van der Waals surface area (Å²) in [6.07, 6.45) is 0.669. The SMILES string of the molecule is CCn1nc(C)cc1C(=O)N1CCCN1C(=O)c1c(OC)ccc(Cl)c1OC. The van der Waals surface area contributed by atoms with Gasteiger partial charge in [0, 0.05) is 19.6 Å². The molecule has 0 saturated carbocycles. The molecule has 2 aromatic rings. The van der Waals surface area contributed by atoms with Crippen LogP contribution in [0, 0.1) is 6.92 Å². The molecule has 0 aliphatic carbocycles. The molecule has 1 aromatic carbocycles. The molecule has 150 valence electrons. The molecule has 0 atom stereocenters. The number of halogens is 1. The quantitative estimate of drug-likeness (QED) is 0.763. The first-order valence-electron chi connectivity index (χ1n) is 9.01. The highest BCUT2D eigenvalue weighted by Crippen LogP contribution is 2.37. The van der Waals surface area contributed by atoms with E-state index < -0.39 is 5.91 Å². The molecule has 1 aliphatic rings. The molecule has 0 radical (unpaired) electrons. The Morgan fingerprint density at radius 2 is 1.82 bits per heavy atom. The summed E-state index contributed by atoms with van der Waals surface area (Å²) in [7, 11) is 2.90. The lowest BCUT2D eigenvalue weighted by atomic mass is 10.1. The number of carbonyl (C=O) groups excluding carboxylic acids is 2. The lowest BCUT2D eigenvalue weighted by Crippen LogP contribution is -2.45. The predicted molar refractivity (Wildman–Crippen MR) is 104 cm³/mol. The first kappa shape index (κ1) is 20.0. The van der Waals surface area contributed by atoms with Gasteiger partial charge in [-0.1, -0.05) is 11.6 Å². The van der Waals surface area contributed by atoms with E-state index in [1.165, 1.54) is 24.2 Å². The van der Waals surface area contributed by atoms with Gasteiger partial charge >= 0.3 is 0 Å². The molecular weight excluding hydrogens is 384 g/mol. The molecule has 9 heteroatoms. The zero-order valence-corrected chi connectivity index (χ0v) is 17.1. The van der Waals surface area contributed by atoms with Crippen LogP contribution in [0.15, 0.2) is 18.2 Å². The highest BCUT2D eigenvalue weighted by molar-refractivity contribution is 6.32. The molecule has 3 rings (SSSR count).